The van der Waals surface area contributed by atoms with Gasteiger partial charge >= 0.3 is 23.9 Å². The van der Waals surface area contributed by atoms with Crippen LogP contribution in [0.25, 0.3) is 0 Å². The minimum absolute atomic E-state index is 0.0382. The molecule has 6 fully saturated rings. The second kappa shape index (κ2) is 22.2. The molecule has 0 aromatic carbocycles. The summed E-state index contributed by atoms with van der Waals surface area (Å²) in [6.45, 7) is -0.271. The molecule has 11 N–H and O–H groups in total. The Bertz CT molecular complexity index is 1590. The van der Waals surface area contributed by atoms with Gasteiger partial charge in [-0.15, -0.1) is 0 Å². The number of aliphatic hydroxyl groups is 10. The topological polar surface area (TPSA) is 365 Å². The van der Waals surface area contributed by atoms with Crippen molar-refractivity contribution in [3.63, 3.8) is 0 Å². The number of ether oxygens (including phenoxy) is 8. The van der Waals surface area contributed by atoms with Crippen LogP contribution in [0.5, 0.6) is 0 Å². The maximum absolute atomic E-state index is 12.6. The van der Waals surface area contributed by atoms with Gasteiger partial charge in [-0.3, -0.25) is 14.4 Å². The van der Waals surface area contributed by atoms with Crippen LogP contribution in [-0.2, 0) is 57.1 Å². The molecule has 6 rings (SSSR count). The Morgan fingerprint density at radius 2 is 1.23 bits per heavy atom. The first-order chi connectivity index (χ1) is 30.3. The van der Waals surface area contributed by atoms with E-state index in [1.54, 1.807) is 6.08 Å². The van der Waals surface area contributed by atoms with Gasteiger partial charge in [0.15, 0.2) is 18.7 Å². The highest BCUT2D eigenvalue weighted by Crippen LogP contribution is 2.45. The molecule has 23 nitrogen and oxygen atoms in total. The summed E-state index contributed by atoms with van der Waals surface area (Å²) < 4.78 is 46.4. The van der Waals surface area contributed by atoms with Gasteiger partial charge in [0.1, 0.15) is 68.5 Å². The van der Waals surface area contributed by atoms with E-state index in [0.717, 1.165) is 6.92 Å². The van der Waals surface area contributed by atoms with Crippen molar-refractivity contribution >= 4 is 23.9 Å². The van der Waals surface area contributed by atoms with Gasteiger partial charge in [-0.2, -0.15) is 0 Å². The predicted molar refractivity (Wildman–Crippen MR) is 207 cm³/mol. The summed E-state index contributed by atoms with van der Waals surface area (Å²) in [5.41, 5.74) is 0. The molecule has 3 aliphatic carbocycles. The van der Waals surface area contributed by atoms with Crippen LogP contribution < -0.4 is 0 Å². The Morgan fingerprint density at radius 3 is 1.88 bits per heavy atom. The average Bonchev–Trinajstić information content (AvgIpc) is 3.23. The summed E-state index contributed by atoms with van der Waals surface area (Å²) in [7, 11) is 0. The molecule has 3 saturated heterocycles. The number of hydrogen-bond donors (Lipinski definition) is 11. The van der Waals surface area contributed by atoms with Crippen LogP contribution in [0.1, 0.15) is 71.1 Å². The third-order valence-corrected chi connectivity index (χ3v) is 13.1. The van der Waals surface area contributed by atoms with E-state index in [4.69, 9.17) is 43.0 Å². The van der Waals surface area contributed by atoms with Crippen molar-refractivity contribution in [2.45, 2.75) is 187 Å². The monoisotopic (exact) mass is 922 g/mol. The van der Waals surface area contributed by atoms with Gasteiger partial charge in [-0.25, -0.2) is 4.79 Å². The molecule has 3 saturated carbocycles. The van der Waals surface area contributed by atoms with E-state index in [1.807, 2.05) is 0 Å². The Hall–Kier alpha value is -2.98. The third kappa shape index (κ3) is 12.5. The van der Waals surface area contributed by atoms with E-state index in [2.05, 4.69) is 0 Å². The van der Waals surface area contributed by atoms with E-state index in [-0.39, 0.29) is 44.1 Å². The van der Waals surface area contributed by atoms with Gasteiger partial charge in [0.25, 0.3) is 0 Å². The summed E-state index contributed by atoms with van der Waals surface area (Å²) in [5.74, 6) is -5.70. The number of aliphatic hydroxyl groups excluding tert-OH is 10. The standard InChI is InChI=1S/C41H62O23/c1-16(42)59-39-28(15-58-31(50)13-29(47)48)64-41(37(56)35(39)54)61-25-11-20(44)10-24-21(25)12-26(38(60-24)18-8-22(45)32(51)23(46)9-18)62-40-36(55)34(53)33(52)27(63-40)14-57-30(49)7-4-17-2-5-19(43)6-3-17/h4,7,17-28,32-41,43-46,51-56H,2-3,5-6,8-15H2,1H3,(H,47,48)/t17?,18?,19?,20?,21?,22?,23?,24?,25?,26?,27-,28-,32?,33-,34+,35-,36-,37-,38?,39-,40-,41-/m1/s1. The minimum atomic E-state index is -1.89. The number of carboxylic acids is 1. The number of carbonyl (C=O) groups excluding carboxylic acids is 3. The summed E-state index contributed by atoms with van der Waals surface area (Å²) >= 11 is 0. The van der Waals surface area contributed by atoms with Gasteiger partial charge < -0.3 is 94.1 Å². The van der Waals surface area contributed by atoms with Crippen LogP contribution in [0.15, 0.2) is 12.2 Å². The minimum Gasteiger partial charge on any atom is -0.481 e. The molecule has 23 heteroatoms. The van der Waals surface area contributed by atoms with Crippen LogP contribution in [-0.4, -0.2) is 210 Å². The lowest BCUT2D eigenvalue weighted by Crippen LogP contribution is -2.64. The fourth-order valence-electron chi connectivity index (χ4n) is 9.67. The zero-order chi connectivity index (χ0) is 46.6. The lowest BCUT2D eigenvalue weighted by Gasteiger charge is -2.53. The molecule has 8 unspecified atom stereocenters. The van der Waals surface area contributed by atoms with Crippen LogP contribution in [0, 0.1) is 17.8 Å². The number of hydrogen-bond acceptors (Lipinski definition) is 22. The molecule has 0 aromatic rings. The molecule has 18 atom stereocenters. The molecule has 0 radical (unpaired) electrons. The molecule has 0 aromatic heterocycles. The molecule has 3 aliphatic heterocycles. The first kappa shape index (κ1) is 50.4. The number of rotatable bonds is 14. The van der Waals surface area contributed by atoms with Gasteiger partial charge in [0.2, 0.25) is 0 Å². The smallest absolute Gasteiger partial charge is 0.330 e. The van der Waals surface area contributed by atoms with Gasteiger partial charge in [0, 0.05) is 25.3 Å². The second-order valence-electron chi connectivity index (χ2n) is 17.8. The number of fused-ring (bicyclic) bond motifs is 1. The van der Waals surface area contributed by atoms with Crippen LogP contribution in [0.2, 0.25) is 0 Å². The number of allylic oxidation sites excluding steroid dienone is 1. The molecular weight excluding hydrogens is 860 g/mol. The highest BCUT2D eigenvalue weighted by molar-refractivity contribution is 5.90. The molecule has 0 bridgehead atoms. The van der Waals surface area contributed by atoms with E-state index < -0.39 is 166 Å². The predicted octanol–water partition coefficient (Wildman–Crippen LogP) is -3.97. The first-order valence-corrected chi connectivity index (χ1v) is 21.8. The molecule has 0 spiro atoms. The molecule has 6 aliphatic rings. The van der Waals surface area contributed by atoms with Crippen LogP contribution in [0.3, 0.4) is 0 Å². The second-order valence-corrected chi connectivity index (χ2v) is 17.8. The molecule has 364 valence electrons. The van der Waals surface area contributed by atoms with E-state index in [9.17, 15) is 70.2 Å². The fraction of sp³-hybridized carbons (Fsp3) is 0.854. The lowest BCUT2D eigenvalue weighted by atomic mass is 9.72. The zero-order valence-electron chi connectivity index (χ0n) is 35.2. The van der Waals surface area contributed by atoms with Crippen molar-refractivity contribution in [2.75, 3.05) is 13.2 Å². The van der Waals surface area contributed by atoms with Crippen molar-refractivity contribution in [1.29, 1.82) is 0 Å². The molecular formula is C41H62O23. The van der Waals surface area contributed by atoms with Gasteiger partial charge in [0.05, 0.1) is 48.8 Å². The van der Waals surface area contributed by atoms with Crippen molar-refractivity contribution in [3.05, 3.63) is 12.2 Å². The summed E-state index contributed by atoms with van der Waals surface area (Å²) in [5, 5.41) is 117. The molecule has 64 heavy (non-hydrogen) atoms. The zero-order valence-corrected chi connectivity index (χ0v) is 35.2. The first-order valence-electron chi connectivity index (χ1n) is 21.8. The third-order valence-electron chi connectivity index (χ3n) is 13.1. The normalized spacial score (nSPS) is 45.2. The number of esters is 3. The largest absolute Gasteiger partial charge is 0.481 e. The quantitative estimate of drug-likeness (QED) is 0.0343. The number of carboxylic acid groups (broad SMARTS) is 1. The summed E-state index contributed by atoms with van der Waals surface area (Å²) in [4.78, 5) is 47.6. The van der Waals surface area contributed by atoms with Crippen molar-refractivity contribution in [1.82, 2.24) is 0 Å². The van der Waals surface area contributed by atoms with Crippen molar-refractivity contribution < 1.29 is 113 Å². The summed E-state index contributed by atoms with van der Waals surface area (Å²) in [6.07, 6.45) is -22.6. The maximum Gasteiger partial charge on any atom is 0.330 e. The Kier molecular flexibility index (Phi) is 17.5. The lowest BCUT2D eigenvalue weighted by molar-refractivity contribution is -0.345. The highest BCUT2D eigenvalue weighted by atomic mass is 16.7. The number of aliphatic carboxylic acids is 1. The van der Waals surface area contributed by atoms with Crippen LogP contribution in [0.4, 0.5) is 0 Å². The van der Waals surface area contributed by atoms with Crippen molar-refractivity contribution in [3.8, 4) is 0 Å². The van der Waals surface area contributed by atoms with E-state index in [1.165, 1.54) is 6.08 Å². The SMILES string of the molecule is CC(=O)O[C@H]1[C@H](O)[C@@H](O)[C@H](OC2CC(O)CC3OC(C4CC(O)C(O)C(O)C4)C(O[C@@H]4O[C@H](COC(=O)C=CC5CCC(O)CC5)[C@@H](O)[C@H](O)[C@H]4O)CC32)O[C@@H]1COC(=O)CC(=O)O. The van der Waals surface area contributed by atoms with Gasteiger partial charge in [-0.05, 0) is 63.2 Å². The average molecular weight is 923 g/mol. The van der Waals surface area contributed by atoms with E-state index in [0.29, 0.717) is 25.7 Å². The highest BCUT2D eigenvalue weighted by Gasteiger charge is 2.55. The Labute approximate surface area is 367 Å². The van der Waals surface area contributed by atoms with Gasteiger partial charge in [-0.1, -0.05) is 6.08 Å². The van der Waals surface area contributed by atoms with Crippen LogP contribution >= 0.6 is 0 Å². The van der Waals surface area contributed by atoms with E-state index >= 15 is 0 Å². The maximum atomic E-state index is 12.6. The Morgan fingerprint density at radius 1 is 0.625 bits per heavy atom. The molecule has 0 amide bonds. The summed E-state index contributed by atoms with van der Waals surface area (Å²) in [6, 6.07) is 0. The fourth-order valence-corrected chi connectivity index (χ4v) is 9.67. The molecule has 3 heterocycles. The van der Waals surface area contributed by atoms with Crippen molar-refractivity contribution in [2.24, 2.45) is 17.8 Å². The Balaban J connectivity index is 1.19. The number of carbonyl (C=O) groups is 4.